The molecule has 0 spiro atoms. The fraction of sp³-hybridized carbons (Fsp3) is 0.576. The van der Waals surface area contributed by atoms with Gasteiger partial charge in [-0.2, -0.15) is 5.26 Å². The summed E-state index contributed by atoms with van der Waals surface area (Å²) < 4.78 is 17.3. The first-order valence-corrected chi connectivity index (χ1v) is 15.2. The van der Waals surface area contributed by atoms with E-state index in [1.165, 1.54) is 32.1 Å². The van der Waals surface area contributed by atoms with Crippen LogP contribution < -0.4 is 19.5 Å². The van der Waals surface area contributed by atoms with Crippen LogP contribution in [-0.2, 0) is 4.79 Å². The molecule has 0 aromatic heterocycles. The second-order valence-electron chi connectivity index (χ2n) is 11.2. The minimum absolute atomic E-state index is 0.153. The van der Waals surface area contributed by atoms with Gasteiger partial charge in [0.05, 0.1) is 32.4 Å². The van der Waals surface area contributed by atoms with Crippen molar-refractivity contribution in [2.45, 2.75) is 76.5 Å². The Kier molecular flexibility index (Phi) is 11.7. The van der Waals surface area contributed by atoms with Gasteiger partial charge >= 0.3 is 0 Å². The lowest BCUT2D eigenvalue weighted by atomic mass is 10.0. The van der Waals surface area contributed by atoms with Crippen LogP contribution in [0.3, 0.4) is 0 Å². The van der Waals surface area contributed by atoms with Crippen LogP contribution in [0.4, 0.5) is 0 Å². The van der Waals surface area contributed by atoms with E-state index < -0.39 is 0 Å². The van der Waals surface area contributed by atoms with Crippen LogP contribution in [0, 0.1) is 11.3 Å². The predicted molar refractivity (Wildman–Crippen MR) is 160 cm³/mol. The number of hydrogen-bond acceptors (Lipinski definition) is 7. The Morgan fingerprint density at radius 2 is 1.73 bits per heavy atom. The van der Waals surface area contributed by atoms with Crippen molar-refractivity contribution in [2.75, 3.05) is 46.9 Å². The smallest absolute Gasteiger partial charge is 0.234 e. The Morgan fingerprint density at radius 3 is 2.39 bits per heavy atom. The third-order valence-electron chi connectivity index (χ3n) is 8.37. The number of likely N-dealkylation sites (tertiary alicyclic amines) is 1. The average Bonchev–Trinajstić information content (AvgIpc) is 3.22. The van der Waals surface area contributed by atoms with Gasteiger partial charge < -0.3 is 24.4 Å². The first-order valence-electron chi connectivity index (χ1n) is 15.2. The molecule has 8 nitrogen and oxygen atoms in total. The minimum atomic E-state index is -0.153. The molecule has 2 bridgehead atoms. The summed E-state index contributed by atoms with van der Waals surface area (Å²) in [5.74, 6) is 2.17. The molecule has 1 amide bonds. The largest absolute Gasteiger partial charge is 0.493 e. The number of ether oxygens (including phenoxy) is 3. The summed E-state index contributed by atoms with van der Waals surface area (Å²) >= 11 is 0. The van der Waals surface area contributed by atoms with Crippen LogP contribution in [0.5, 0.6) is 17.2 Å². The predicted octanol–water partition coefficient (Wildman–Crippen LogP) is 5.32. The summed E-state index contributed by atoms with van der Waals surface area (Å²) in [6.07, 6.45) is 8.71. The highest BCUT2D eigenvalue weighted by molar-refractivity contribution is 5.78. The van der Waals surface area contributed by atoms with Gasteiger partial charge in [-0.25, -0.2) is 0 Å². The first-order chi connectivity index (χ1) is 20.0. The molecule has 8 heteroatoms. The number of nitriles is 1. The van der Waals surface area contributed by atoms with Crippen molar-refractivity contribution in [1.82, 2.24) is 15.1 Å². The summed E-state index contributed by atoms with van der Waals surface area (Å²) in [4.78, 5) is 17.6. The van der Waals surface area contributed by atoms with E-state index in [1.807, 2.05) is 42.5 Å². The van der Waals surface area contributed by atoms with E-state index in [4.69, 9.17) is 14.2 Å². The summed E-state index contributed by atoms with van der Waals surface area (Å²) in [6.45, 7) is 6.54. The van der Waals surface area contributed by atoms with Gasteiger partial charge in [0.2, 0.25) is 5.91 Å². The molecule has 2 aromatic rings. The highest BCUT2D eigenvalue weighted by Crippen LogP contribution is 2.35. The van der Waals surface area contributed by atoms with Gasteiger partial charge in [0, 0.05) is 37.8 Å². The fourth-order valence-electron chi connectivity index (χ4n) is 6.14. The minimum Gasteiger partial charge on any atom is -0.493 e. The number of amides is 1. The lowest BCUT2D eigenvalue weighted by Gasteiger charge is -2.40. The molecule has 2 fully saturated rings. The van der Waals surface area contributed by atoms with E-state index in [0.29, 0.717) is 41.4 Å². The van der Waals surface area contributed by atoms with Gasteiger partial charge in [0.15, 0.2) is 11.5 Å². The van der Waals surface area contributed by atoms with Gasteiger partial charge in [-0.3, -0.25) is 9.69 Å². The van der Waals surface area contributed by atoms with Crippen molar-refractivity contribution in [3.8, 4) is 23.3 Å². The molecule has 0 radical (unpaired) electrons. The number of unbranched alkanes of at least 4 members (excludes halogenated alkanes) is 3. The Bertz CT molecular complexity index is 1130. The second kappa shape index (κ2) is 15.6. The van der Waals surface area contributed by atoms with Gasteiger partial charge in [-0.15, -0.1) is 0 Å². The molecule has 3 unspecified atom stereocenters. The summed E-state index contributed by atoms with van der Waals surface area (Å²) in [5, 5.41) is 12.4. The number of benzene rings is 2. The Labute approximate surface area is 245 Å². The van der Waals surface area contributed by atoms with E-state index in [9.17, 15) is 10.1 Å². The number of rotatable bonds is 16. The number of methoxy groups -OCH3 is 2. The van der Waals surface area contributed by atoms with Gasteiger partial charge in [-0.1, -0.05) is 38.3 Å². The van der Waals surface area contributed by atoms with Crippen molar-refractivity contribution in [1.29, 1.82) is 5.26 Å². The first kappa shape index (κ1) is 30.7. The highest BCUT2D eigenvalue weighted by Gasteiger charge is 2.40. The molecule has 41 heavy (non-hydrogen) atoms. The quantitative estimate of drug-likeness (QED) is 0.277. The van der Waals surface area contributed by atoms with E-state index in [-0.39, 0.29) is 12.0 Å². The Balaban J connectivity index is 1.30. The number of piperazine rings is 1. The van der Waals surface area contributed by atoms with Crippen LogP contribution in [-0.4, -0.2) is 74.7 Å². The Morgan fingerprint density at radius 1 is 1.00 bits per heavy atom. The summed E-state index contributed by atoms with van der Waals surface area (Å²) in [5.41, 5.74) is 1.68. The van der Waals surface area contributed by atoms with Crippen LogP contribution >= 0.6 is 0 Å². The van der Waals surface area contributed by atoms with Crippen molar-refractivity contribution >= 4 is 5.91 Å². The molecule has 2 aromatic carbocycles. The van der Waals surface area contributed by atoms with Crippen molar-refractivity contribution in [2.24, 2.45) is 0 Å². The van der Waals surface area contributed by atoms with E-state index in [1.54, 1.807) is 14.2 Å². The zero-order valence-corrected chi connectivity index (χ0v) is 24.9. The number of fused-ring (bicyclic) bond motifs is 2. The van der Waals surface area contributed by atoms with Crippen LogP contribution in [0.25, 0.3) is 0 Å². The van der Waals surface area contributed by atoms with Crippen molar-refractivity contribution in [3.63, 3.8) is 0 Å². The monoisotopic (exact) mass is 562 g/mol. The molecule has 3 atom stereocenters. The fourth-order valence-corrected chi connectivity index (χ4v) is 6.14. The van der Waals surface area contributed by atoms with Gasteiger partial charge in [0.25, 0.3) is 0 Å². The summed E-state index contributed by atoms with van der Waals surface area (Å²) in [7, 11) is 3.24. The summed E-state index contributed by atoms with van der Waals surface area (Å²) in [6, 6.07) is 16.4. The molecule has 1 N–H and O–H groups in total. The topological polar surface area (TPSA) is 87.1 Å². The number of hydrogen-bond donors (Lipinski definition) is 1. The normalized spacial score (nSPS) is 19.4. The zero-order chi connectivity index (χ0) is 29.0. The van der Waals surface area contributed by atoms with Gasteiger partial charge in [-0.05, 0) is 68.5 Å². The molecule has 2 heterocycles. The number of carbonyl (C=O) groups excluding carboxylic acids is 1. The third kappa shape index (κ3) is 8.61. The van der Waals surface area contributed by atoms with Gasteiger partial charge in [0.1, 0.15) is 11.9 Å². The average molecular weight is 563 g/mol. The molecule has 2 saturated heterocycles. The number of carbonyl (C=O) groups is 1. The molecule has 4 rings (SSSR count). The van der Waals surface area contributed by atoms with E-state index >= 15 is 0 Å². The maximum Gasteiger partial charge on any atom is 0.234 e. The van der Waals surface area contributed by atoms with Crippen LogP contribution in [0.2, 0.25) is 0 Å². The standard InChI is InChI=1S/C33H46N4O4/c1-4-5-6-7-18-35-33(38)24-37-27-14-15-28(37)23-36(22-27)19-8-9-30(26-12-10-25(21-34)11-13-26)41-29-16-17-31(39-2)32(20-29)40-3/h10-13,16-17,20,27-28,30H,4-9,14-15,18-19,22-24H2,1-3H3,(H,35,38). The molecule has 2 aliphatic rings. The molecule has 2 aliphatic heterocycles. The molecular weight excluding hydrogens is 516 g/mol. The van der Waals surface area contributed by atoms with E-state index in [0.717, 1.165) is 51.0 Å². The van der Waals surface area contributed by atoms with Crippen molar-refractivity contribution < 1.29 is 19.0 Å². The molecule has 0 aliphatic carbocycles. The maximum absolute atomic E-state index is 12.6. The number of nitrogens with one attached hydrogen (secondary N) is 1. The third-order valence-corrected chi connectivity index (χ3v) is 8.37. The Hall–Kier alpha value is -3.28. The van der Waals surface area contributed by atoms with Crippen molar-refractivity contribution in [3.05, 3.63) is 53.6 Å². The number of nitrogens with zero attached hydrogens (tertiary/aromatic N) is 3. The van der Waals surface area contributed by atoms with Crippen LogP contribution in [0.15, 0.2) is 42.5 Å². The SMILES string of the molecule is CCCCCCNC(=O)CN1C2CCC1CN(CCCC(Oc1ccc(OC)c(OC)c1)c1ccc(C#N)cc1)C2. The molecule has 0 saturated carbocycles. The van der Waals surface area contributed by atoms with Crippen LogP contribution in [0.1, 0.15) is 75.5 Å². The molecular formula is C33H46N4O4. The second-order valence-corrected chi connectivity index (χ2v) is 11.2. The van der Waals surface area contributed by atoms with E-state index in [2.05, 4.69) is 28.1 Å². The maximum atomic E-state index is 12.6. The zero-order valence-electron chi connectivity index (χ0n) is 24.9. The lowest BCUT2D eigenvalue weighted by Crippen LogP contribution is -2.56. The lowest BCUT2D eigenvalue weighted by molar-refractivity contribution is -0.123. The highest BCUT2D eigenvalue weighted by atomic mass is 16.5. The molecule has 222 valence electrons.